The highest BCUT2D eigenvalue weighted by atomic mass is 32.1. The molecule has 6 heteroatoms. The molecular weight excluding hydrogens is 228 g/mol. The molecular formula is C10H14N2O3S. The third-order valence-corrected chi connectivity index (χ3v) is 2.98. The van der Waals surface area contributed by atoms with Crippen molar-refractivity contribution in [3.63, 3.8) is 0 Å². The zero-order valence-corrected chi connectivity index (χ0v) is 9.71. The molecule has 1 rings (SSSR count). The number of likely N-dealkylation sites (N-methyl/N-ethyl adjacent to an activating group) is 1. The Morgan fingerprint density at radius 3 is 2.81 bits per heavy atom. The number of nitrogens with one attached hydrogen (secondary N) is 2. The second-order valence-corrected chi connectivity index (χ2v) is 4.21. The third kappa shape index (κ3) is 3.63. The van der Waals surface area contributed by atoms with Crippen LogP contribution < -0.4 is 10.6 Å². The summed E-state index contributed by atoms with van der Waals surface area (Å²) < 4.78 is 0. The van der Waals surface area contributed by atoms with Crippen molar-refractivity contribution in [2.24, 2.45) is 0 Å². The van der Waals surface area contributed by atoms with Crippen molar-refractivity contribution in [2.45, 2.75) is 12.5 Å². The number of thiophene rings is 1. The topological polar surface area (TPSA) is 78.4 Å². The van der Waals surface area contributed by atoms with Crippen LogP contribution in [0.3, 0.4) is 0 Å². The van der Waals surface area contributed by atoms with E-state index in [1.807, 2.05) is 17.5 Å². The van der Waals surface area contributed by atoms with Gasteiger partial charge in [0.2, 0.25) is 5.91 Å². The van der Waals surface area contributed by atoms with Crippen molar-refractivity contribution in [1.29, 1.82) is 0 Å². The second-order valence-electron chi connectivity index (χ2n) is 3.18. The summed E-state index contributed by atoms with van der Waals surface area (Å²) in [5.41, 5.74) is 0. The van der Waals surface area contributed by atoms with E-state index in [-0.39, 0.29) is 0 Å². The predicted molar refractivity (Wildman–Crippen MR) is 61.5 cm³/mol. The molecule has 1 heterocycles. The molecule has 1 aromatic rings. The summed E-state index contributed by atoms with van der Waals surface area (Å²) in [5, 5.41) is 15.7. The summed E-state index contributed by atoms with van der Waals surface area (Å²) in [6, 6.07) is 2.74. The van der Waals surface area contributed by atoms with Gasteiger partial charge in [0, 0.05) is 11.4 Å². The van der Waals surface area contributed by atoms with E-state index >= 15 is 0 Å². The number of aliphatic carboxylic acids is 1. The molecule has 0 bridgehead atoms. The first-order chi connectivity index (χ1) is 7.65. The van der Waals surface area contributed by atoms with E-state index < -0.39 is 17.9 Å². The summed E-state index contributed by atoms with van der Waals surface area (Å²) in [6.07, 6.45) is 0.722. The van der Waals surface area contributed by atoms with Crippen LogP contribution in [-0.4, -0.2) is 36.6 Å². The molecule has 0 aromatic carbocycles. The van der Waals surface area contributed by atoms with Crippen LogP contribution in [0.5, 0.6) is 0 Å². The van der Waals surface area contributed by atoms with Crippen LogP contribution >= 0.6 is 11.3 Å². The molecule has 1 atom stereocenters. The summed E-state index contributed by atoms with van der Waals surface area (Å²) >= 11 is 1.61. The number of carbonyl (C=O) groups is 2. The first-order valence-electron chi connectivity index (χ1n) is 4.85. The van der Waals surface area contributed by atoms with Gasteiger partial charge < -0.3 is 10.4 Å². The Morgan fingerprint density at radius 1 is 1.56 bits per heavy atom. The maximum Gasteiger partial charge on any atom is 0.330 e. The molecule has 88 valence electrons. The Bertz CT molecular complexity index is 351. The van der Waals surface area contributed by atoms with E-state index in [4.69, 9.17) is 5.11 Å². The summed E-state index contributed by atoms with van der Waals surface area (Å²) in [6.45, 7) is 0.449. The van der Waals surface area contributed by atoms with Gasteiger partial charge in [0.25, 0.3) is 0 Å². The fourth-order valence-electron chi connectivity index (χ4n) is 1.23. The van der Waals surface area contributed by atoms with Gasteiger partial charge in [-0.3, -0.25) is 10.1 Å². The van der Waals surface area contributed by atoms with E-state index in [2.05, 4.69) is 10.6 Å². The van der Waals surface area contributed by atoms with Gasteiger partial charge in [0.05, 0.1) is 0 Å². The van der Waals surface area contributed by atoms with Crippen LogP contribution in [0.25, 0.3) is 0 Å². The van der Waals surface area contributed by atoms with E-state index in [0.29, 0.717) is 6.54 Å². The maximum absolute atomic E-state index is 11.4. The Balaban J connectivity index is 2.32. The van der Waals surface area contributed by atoms with E-state index in [1.165, 1.54) is 7.05 Å². The monoisotopic (exact) mass is 242 g/mol. The van der Waals surface area contributed by atoms with E-state index in [1.54, 1.807) is 11.3 Å². The number of amides is 1. The standard InChI is InChI=1S/C10H14N2O3S/c1-11-8(10(14)15)9(13)12-5-4-7-3-2-6-16-7/h2-3,6,8,11H,4-5H2,1H3,(H,12,13)(H,14,15). The largest absolute Gasteiger partial charge is 0.480 e. The Hall–Kier alpha value is -1.40. The van der Waals surface area contributed by atoms with E-state index in [0.717, 1.165) is 11.3 Å². The number of hydrogen-bond acceptors (Lipinski definition) is 4. The molecule has 1 aromatic heterocycles. The summed E-state index contributed by atoms with van der Waals surface area (Å²) in [5.74, 6) is -1.68. The lowest BCUT2D eigenvalue weighted by molar-refractivity contribution is -0.143. The van der Waals surface area contributed by atoms with Crippen LogP contribution in [-0.2, 0) is 16.0 Å². The average Bonchev–Trinajstić information content (AvgIpc) is 2.71. The first kappa shape index (κ1) is 12.7. The van der Waals surface area contributed by atoms with Gasteiger partial charge in [-0.1, -0.05) is 6.07 Å². The lowest BCUT2D eigenvalue weighted by Crippen LogP contribution is -2.48. The second kappa shape index (κ2) is 6.24. The fraction of sp³-hybridized carbons (Fsp3) is 0.400. The minimum Gasteiger partial charge on any atom is -0.480 e. The van der Waals surface area contributed by atoms with E-state index in [9.17, 15) is 9.59 Å². The van der Waals surface area contributed by atoms with Crippen molar-refractivity contribution in [2.75, 3.05) is 13.6 Å². The van der Waals surface area contributed by atoms with Crippen molar-refractivity contribution in [3.8, 4) is 0 Å². The first-order valence-corrected chi connectivity index (χ1v) is 5.73. The molecule has 0 fully saturated rings. The Morgan fingerprint density at radius 2 is 2.31 bits per heavy atom. The molecule has 0 saturated carbocycles. The highest BCUT2D eigenvalue weighted by Crippen LogP contribution is 2.07. The molecule has 0 aliphatic carbocycles. The number of rotatable bonds is 6. The highest BCUT2D eigenvalue weighted by Gasteiger charge is 2.23. The zero-order valence-electron chi connectivity index (χ0n) is 8.90. The Kier molecular flexibility index (Phi) is 4.94. The quantitative estimate of drug-likeness (QED) is 0.617. The molecule has 3 N–H and O–H groups in total. The molecule has 0 saturated heterocycles. The molecule has 5 nitrogen and oxygen atoms in total. The number of carboxylic acids is 1. The fourth-order valence-corrected chi connectivity index (χ4v) is 1.94. The third-order valence-electron chi connectivity index (χ3n) is 2.05. The van der Waals surface area contributed by atoms with Crippen LogP contribution in [0.15, 0.2) is 17.5 Å². The van der Waals surface area contributed by atoms with Crippen LogP contribution in [0.2, 0.25) is 0 Å². The molecule has 1 amide bonds. The van der Waals surface area contributed by atoms with Crippen LogP contribution in [0, 0.1) is 0 Å². The Labute approximate surface area is 97.5 Å². The smallest absolute Gasteiger partial charge is 0.330 e. The van der Waals surface area contributed by atoms with Gasteiger partial charge in [0.1, 0.15) is 0 Å². The highest BCUT2D eigenvalue weighted by molar-refractivity contribution is 7.09. The van der Waals surface area contributed by atoms with Crippen molar-refractivity contribution in [1.82, 2.24) is 10.6 Å². The van der Waals surface area contributed by atoms with Crippen LogP contribution in [0.4, 0.5) is 0 Å². The molecule has 0 aliphatic heterocycles. The molecule has 0 aliphatic rings. The van der Waals surface area contributed by atoms with Gasteiger partial charge in [0.15, 0.2) is 6.04 Å². The molecule has 0 spiro atoms. The van der Waals surface area contributed by atoms with Crippen molar-refractivity contribution in [3.05, 3.63) is 22.4 Å². The maximum atomic E-state index is 11.4. The summed E-state index contributed by atoms with van der Waals surface area (Å²) in [7, 11) is 1.44. The lowest BCUT2D eigenvalue weighted by atomic mass is 10.2. The lowest BCUT2D eigenvalue weighted by Gasteiger charge is -2.11. The number of carbonyl (C=O) groups excluding carboxylic acids is 1. The van der Waals surface area contributed by atoms with Gasteiger partial charge in [-0.25, -0.2) is 4.79 Å². The summed E-state index contributed by atoms with van der Waals surface area (Å²) in [4.78, 5) is 23.2. The number of carboxylic acid groups (broad SMARTS) is 1. The predicted octanol–water partition coefficient (Wildman–Crippen LogP) is 0.0794. The minimum atomic E-state index is -1.18. The van der Waals surface area contributed by atoms with Gasteiger partial charge in [-0.05, 0) is 24.9 Å². The van der Waals surface area contributed by atoms with Crippen molar-refractivity contribution >= 4 is 23.2 Å². The van der Waals surface area contributed by atoms with Crippen LogP contribution in [0.1, 0.15) is 4.88 Å². The zero-order chi connectivity index (χ0) is 12.0. The number of hydrogen-bond donors (Lipinski definition) is 3. The van der Waals surface area contributed by atoms with Gasteiger partial charge in [-0.15, -0.1) is 11.3 Å². The van der Waals surface area contributed by atoms with Gasteiger partial charge in [-0.2, -0.15) is 0 Å². The molecule has 16 heavy (non-hydrogen) atoms. The average molecular weight is 242 g/mol. The normalized spacial score (nSPS) is 12.1. The van der Waals surface area contributed by atoms with Gasteiger partial charge >= 0.3 is 5.97 Å². The SMILES string of the molecule is CNC(C(=O)O)C(=O)NCCc1cccs1. The minimum absolute atomic E-state index is 0.449. The molecule has 0 radical (unpaired) electrons. The van der Waals surface area contributed by atoms with Crippen molar-refractivity contribution < 1.29 is 14.7 Å². The molecule has 1 unspecified atom stereocenters.